The molecule has 4 nitrogen and oxygen atoms in total. The van der Waals surface area contributed by atoms with Crippen LogP contribution in [0, 0.1) is 5.92 Å². The van der Waals surface area contributed by atoms with Crippen LogP contribution in [0.15, 0.2) is 48.9 Å². The van der Waals surface area contributed by atoms with Gasteiger partial charge in [0.25, 0.3) is 0 Å². The van der Waals surface area contributed by atoms with Crippen LogP contribution < -0.4 is 4.90 Å². The van der Waals surface area contributed by atoms with Crippen molar-refractivity contribution in [2.45, 2.75) is 38.1 Å². The van der Waals surface area contributed by atoms with E-state index in [1.165, 1.54) is 42.6 Å². The van der Waals surface area contributed by atoms with Gasteiger partial charge in [-0.25, -0.2) is 4.98 Å². The van der Waals surface area contributed by atoms with Crippen molar-refractivity contribution in [2.24, 2.45) is 5.92 Å². The Morgan fingerprint density at radius 2 is 1.92 bits per heavy atom. The first-order valence-electron chi connectivity index (χ1n) is 9.48. The molecule has 1 saturated carbocycles. The lowest BCUT2D eigenvalue weighted by Gasteiger charge is -2.35. The molecular weight excluding hydrogens is 308 g/mol. The lowest BCUT2D eigenvalue weighted by atomic mass is 9.96. The molecule has 2 aliphatic rings. The van der Waals surface area contributed by atoms with Crippen LogP contribution in [0.25, 0.3) is 10.9 Å². The van der Waals surface area contributed by atoms with Gasteiger partial charge in [-0.3, -0.25) is 4.98 Å². The van der Waals surface area contributed by atoms with Crippen molar-refractivity contribution in [1.82, 2.24) is 14.5 Å². The van der Waals surface area contributed by atoms with Crippen molar-refractivity contribution in [3.8, 4) is 0 Å². The largest absolute Gasteiger partial charge is 0.370 e. The zero-order valence-corrected chi connectivity index (χ0v) is 14.5. The van der Waals surface area contributed by atoms with Crippen molar-refractivity contribution in [3.63, 3.8) is 0 Å². The van der Waals surface area contributed by atoms with Gasteiger partial charge in [-0.2, -0.15) is 0 Å². The number of benzene rings is 1. The van der Waals surface area contributed by atoms with E-state index in [9.17, 15) is 0 Å². The maximum absolute atomic E-state index is 4.74. The number of anilines is 1. The highest BCUT2D eigenvalue weighted by Gasteiger charge is 2.28. The highest BCUT2D eigenvalue weighted by molar-refractivity contribution is 5.91. The number of rotatable bonds is 4. The second kappa shape index (κ2) is 6.17. The van der Waals surface area contributed by atoms with E-state index in [1.807, 2.05) is 12.4 Å². The van der Waals surface area contributed by atoms with E-state index in [0.29, 0.717) is 5.92 Å². The summed E-state index contributed by atoms with van der Waals surface area (Å²) < 4.78 is 2.41. The van der Waals surface area contributed by atoms with Crippen LogP contribution in [0.1, 0.15) is 37.4 Å². The van der Waals surface area contributed by atoms with E-state index in [4.69, 9.17) is 4.98 Å². The zero-order chi connectivity index (χ0) is 16.6. The zero-order valence-electron chi connectivity index (χ0n) is 14.5. The average molecular weight is 332 g/mol. The summed E-state index contributed by atoms with van der Waals surface area (Å²) in [5.74, 6) is 2.70. The topological polar surface area (TPSA) is 34.0 Å². The van der Waals surface area contributed by atoms with Gasteiger partial charge in [0.2, 0.25) is 0 Å². The summed E-state index contributed by atoms with van der Waals surface area (Å²) in [5, 5.41) is 1.26. The molecule has 5 rings (SSSR count). The van der Waals surface area contributed by atoms with E-state index >= 15 is 0 Å². The summed E-state index contributed by atoms with van der Waals surface area (Å²) in [7, 11) is 0. The Morgan fingerprint density at radius 1 is 1.00 bits per heavy atom. The lowest BCUT2D eigenvalue weighted by molar-refractivity contribution is 0.464. The van der Waals surface area contributed by atoms with Gasteiger partial charge in [0.1, 0.15) is 5.82 Å². The molecule has 3 aromatic rings. The SMILES string of the molecule is c1ccc2c(N3CCC[C@@H](c4nccn4CC4CC4)C3)ccnc2c1. The molecule has 1 atom stereocenters. The first kappa shape index (κ1) is 14.9. The Hall–Kier alpha value is -2.36. The molecule has 4 heteroatoms. The minimum absolute atomic E-state index is 0.523. The molecule has 128 valence electrons. The quantitative estimate of drug-likeness (QED) is 0.717. The van der Waals surface area contributed by atoms with Crippen LogP contribution in [0.3, 0.4) is 0 Å². The van der Waals surface area contributed by atoms with Gasteiger partial charge < -0.3 is 9.47 Å². The minimum atomic E-state index is 0.523. The van der Waals surface area contributed by atoms with Crippen molar-refractivity contribution in [1.29, 1.82) is 0 Å². The molecule has 1 saturated heterocycles. The lowest BCUT2D eigenvalue weighted by Crippen LogP contribution is -2.35. The van der Waals surface area contributed by atoms with Crippen LogP contribution in [0.5, 0.6) is 0 Å². The first-order chi connectivity index (χ1) is 12.4. The molecule has 1 aliphatic carbocycles. The van der Waals surface area contributed by atoms with E-state index in [1.54, 1.807) is 0 Å². The molecule has 3 heterocycles. The fourth-order valence-electron chi connectivity index (χ4n) is 4.18. The highest BCUT2D eigenvalue weighted by Crippen LogP contribution is 2.35. The first-order valence-corrected chi connectivity index (χ1v) is 9.48. The standard InChI is InChI=1S/C21H24N4/c1-2-6-19-18(5-1)20(9-10-22-19)24-12-3-4-17(15-24)21-23-11-13-25(21)14-16-7-8-16/h1-2,5-6,9-11,13,16-17H,3-4,7-8,12,14-15H2/t17-/m1/s1. The van der Waals surface area contributed by atoms with Gasteiger partial charge in [0.05, 0.1) is 5.52 Å². The molecule has 25 heavy (non-hydrogen) atoms. The normalized spacial score (nSPS) is 21.0. The average Bonchev–Trinajstić information content (AvgIpc) is 3.36. The Bertz CT molecular complexity index is 875. The maximum Gasteiger partial charge on any atom is 0.113 e. The second-order valence-electron chi connectivity index (χ2n) is 7.51. The monoisotopic (exact) mass is 332 g/mol. The van der Waals surface area contributed by atoms with Crippen molar-refractivity contribution in [2.75, 3.05) is 18.0 Å². The summed E-state index contributed by atoms with van der Waals surface area (Å²) >= 11 is 0. The molecule has 0 amide bonds. The van der Waals surface area contributed by atoms with Crippen LogP contribution >= 0.6 is 0 Å². The summed E-state index contributed by atoms with van der Waals surface area (Å²) in [4.78, 5) is 11.8. The number of pyridine rings is 1. The highest BCUT2D eigenvalue weighted by atomic mass is 15.2. The number of hydrogen-bond donors (Lipinski definition) is 0. The van der Waals surface area contributed by atoms with Gasteiger partial charge in [0.15, 0.2) is 0 Å². The van der Waals surface area contributed by atoms with Gasteiger partial charge >= 0.3 is 0 Å². The molecule has 2 aromatic heterocycles. The smallest absolute Gasteiger partial charge is 0.113 e. The summed E-state index contributed by atoms with van der Waals surface area (Å²) in [6.07, 6.45) is 11.3. The molecular formula is C21H24N4. The molecule has 0 radical (unpaired) electrons. The van der Waals surface area contributed by atoms with Gasteiger partial charge in [-0.1, -0.05) is 18.2 Å². The van der Waals surface area contributed by atoms with Gasteiger partial charge in [-0.05, 0) is 43.7 Å². The fourth-order valence-corrected chi connectivity index (χ4v) is 4.18. The predicted molar refractivity (Wildman–Crippen MR) is 101 cm³/mol. The van der Waals surface area contributed by atoms with Crippen molar-refractivity contribution >= 4 is 16.6 Å². The Labute approximate surface area is 148 Å². The van der Waals surface area contributed by atoms with E-state index in [-0.39, 0.29) is 0 Å². The minimum Gasteiger partial charge on any atom is -0.370 e. The fraction of sp³-hybridized carbons (Fsp3) is 0.429. The molecule has 1 aromatic carbocycles. The number of imidazole rings is 1. The number of hydrogen-bond acceptors (Lipinski definition) is 3. The van der Waals surface area contributed by atoms with E-state index in [0.717, 1.165) is 31.1 Å². The number of para-hydroxylation sites is 1. The van der Waals surface area contributed by atoms with E-state index in [2.05, 4.69) is 51.0 Å². The van der Waals surface area contributed by atoms with Crippen LogP contribution in [-0.4, -0.2) is 27.6 Å². The Kier molecular flexibility index (Phi) is 3.69. The third-order valence-corrected chi connectivity index (χ3v) is 5.65. The summed E-state index contributed by atoms with van der Waals surface area (Å²) in [6.45, 7) is 3.33. The van der Waals surface area contributed by atoms with Gasteiger partial charge in [-0.15, -0.1) is 0 Å². The summed E-state index contributed by atoms with van der Waals surface area (Å²) in [6, 6.07) is 10.6. The van der Waals surface area contributed by atoms with Crippen LogP contribution in [-0.2, 0) is 6.54 Å². The Morgan fingerprint density at radius 3 is 2.84 bits per heavy atom. The van der Waals surface area contributed by atoms with Crippen LogP contribution in [0.4, 0.5) is 5.69 Å². The molecule has 0 N–H and O–H groups in total. The molecule has 2 fully saturated rings. The number of piperidine rings is 1. The predicted octanol–water partition coefficient (Wildman–Crippen LogP) is 4.23. The van der Waals surface area contributed by atoms with Crippen LogP contribution in [0.2, 0.25) is 0 Å². The third-order valence-electron chi connectivity index (χ3n) is 5.65. The molecule has 1 aliphatic heterocycles. The Balaban J connectivity index is 1.43. The molecule has 0 unspecified atom stereocenters. The second-order valence-corrected chi connectivity index (χ2v) is 7.51. The molecule has 0 bridgehead atoms. The van der Waals surface area contributed by atoms with Crippen molar-refractivity contribution < 1.29 is 0 Å². The maximum atomic E-state index is 4.74. The molecule has 0 spiro atoms. The number of nitrogens with zero attached hydrogens (tertiary/aromatic N) is 4. The van der Waals surface area contributed by atoms with E-state index < -0.39 is 0 Å². The number of fused-ring (bicyclic) bond motifs is 1. The summed E-state index contributed by atoms with van der Waals surface area (Å²) in [5.41, 5.74) is 2.40. The third kappa shape index (κ3) is 2.90. The van der Waals surface area contributed by atoms with Gasteiger partial charge in [0, 0.05) is 55.2 Å². The number of aromatic nitrogens is 3. The van der Waals surface area contributed by atoms with Crippen molar-refractivity contribution in [3.05, 3.63) is 54.7 Å².